The van der Waals surface area contributed by atoms with Gasteiger partial charge in [-0.2, -0.15) is 0 Å². The molecule has 32 heavy (non-hydrogen) atoms. The molecule has 4 heterocycles. The molecule has 1 aromatic carbocycles. The Morgan fingerprint density at radius 1 is 1.16 bits per heavy atom. The summed E-state index contributed by atoms with van der Waals surface area (Å²) in [5.74, 6) is 3.20. The maximum atomic E-state index is 5.46. The van der Waals surface area contributed by atoms with Gasteiger partial charge in [0.05, 0.1) is 16.7 Å². The Bertz CT molecular complexity index is 1280. The molecule has 0 spiro atoms. The average Bonchev–Trinajstić information content (AvgIpc) is 3.10. The molecule has 1 aliphatic carbocycles. The first-order valence-electron chi connectivity index (χ1n) is 11.0. The zero-order valence-corrected chi connectivity index (χ0v) is 19.0. The lowest BCUT2D eigenvalue weighted by Gasteiger charge is -2.21. The predicted octanol–water partition coefficient (Wildman–Crippen LogP) is 3.48. The summed E-state index contributed by atoms with van der Waals surface area (Å²) in [5.41, 5.74) is 4.57. The standard InChI is InChI=1S/C23H25N7OS/c1-15-20(31-14-26-15)21-27-28-22(29(21)2)32-9-3-8-30-12-17-11-23(17,13-30)16-4-5-18-19(10-16)25-7-6-24-18/h4-7,10,14,17H,3,8-9,11-13H2,1-2H3/t17-,23+/m0/s1. The van der Waals surface area contributed by atoms with Crippen molar-refractivity contribution in [3.05, 3.63) is 48.2 Å². The summed E-state index contributed by atoms with van der Waals surface area (Å²) in [5, 5.41) is 9.54. The fourth-order valence-electron chi connectivity index (χ4n) is 5.08. The minimum absolute atomic E-state index is 0.326. The van der Waals surface area contributed by atoms with Gasteiger partial charge >= 0.3 is 0 Å². The van der Waals surface area contributed by atoms with Crippen molar-refractivity contribution in [2.75, 3.05) is 25.4 Å². The first-order chi connectivity index (χ1) is 15.6. The van der Waals surface area contributed by atoms with Crippen molar-refractivity contribution in [2.24, 2.45) is 13.0 Å². The Morgan fingerprint density at radius 2 is 2.03 bits per heavy atom. The third-order valence-electron chi connectivity index (χ3n) is 6.89. The third-order valence-corrected chi connectivity index (χ3v) is 8.00. The minimum atomic E-state index is 0.326. The lowest BCUT2D eigenvalue weighted by atomic mass is 9.94. The quantitative estimate of drug-likeness (QED) is 0.314. The Labute approximate surface area is 190 Å². The van der Waals surface area contributed by atoms with Gasteiger partial charge in [0, 0.05) is 43.7 Å². The molecule has 3 aromatic heterocycles. The summed E-state index contributed by atoms with van der Waals surface area (Å²) >= 11 is 1.75. The van der Waals surface area contributed by atoms with Gasteiger partial charge in [0.15, 0.2) is 17.3 Å². The monoisotopic (exact) mass is 447 g/mol. The van der Waals surface area contributed by atoms with Crippen molar-refractivity contribution < 1.29 is 4.42 Å². The summed E-state index contributed by atoms with van der Waals surface area (Å²) in [4.78, 5) is 15.7. The van der Waals surface area contributed by atoms with Crippen LogP contribution in [0.2, 0.25) is 0 Å². The van der Waals surface area contributed by atoms with Crippen LogP contribution < -0.4 is 0 Å². The molecule has 2 fully saturated rings. The first-order valence-corrected chi connectivity index (χ1v) is 12.0. The summed E-state index contributed by atoms with van der Waals surface area (Å²) in [6.07, 6.45) is 7.41. The second-order valence-electron chi connectivity index (χ2n) is 8.89. The van der Waals surface area contributed by atoms with Crippen LogP contribution in [0.15, 0.2) is 46.6 Å². The SMILES string of the molecule is Cc1ncoc1-c1nnc(SCCCN2C[C@@H]3C[C@]3(c3ccc4nccnc4c3)C2)n1C. The second kappa shape index (κ2) is 7.67. The van der Waals surface area contributed by atoms with Gasteiger partial charge in [-0.1, -0.05) is 17.8 Å². The fraction of sp³-hybridized carbons (Fsp3) is 0.435. The molecule has 0 radical (unpaired) electrons. The molecule has 2 atom stereocenters. The average molecular weight is 448 g/mol. The van der Waals surface area contributed by atoms with E-state index in [1.54, 1.807) is 24.2 Å². The van der Waals surface area contributed by atoms with Gasteiger partial charge in [-0.05, 0) is 49.9 Å². The number of thioether (sulfide) groups is 1. The number of oxazole rings is 1. The normalized spacial score (nSPS) is 22.5. The highest BCUT2D eigenvalue weighted by Crippen LogP contribution is 2.59. The van der Waals surface area contributed by atoms with Crippen molar-refractivity contribution in [1.29, 1.82) is 0 Å². The molecule has 164 valence electrons. The van der Waals surface area contributed by atoms with Gasteiger partial charge in [0.25, 0.3) is 0 Å². The minimum Gasteiger partial charge on any atom is -0.440 e. The van der Waals surface area contributed by atoms with Crippen molar-refractivity contribution in [3.63, 3.8) is 0 Å². The number of piperidine rings is 1. The van der Waals surface area contributed by atoms with Crippen LogP contribution in [0, 0.1) is 12.8 Å². The maximum absolute atomic E-state index is 5.46. The summed E-state index contributed by atoms with van der Waals surface area (Å²) in [6.45, 7) is 5.37. The zero-order valence-electron chi connectivity index (χ0n) is 18.2. The molecule has 0 N–H and O–H groups in total. The van der Waals surface area contributed by atoms with E-state index < -0.39 is 0 Å². The number of benzene rings is 1. The van der Waals surface area contributed by atoms with Crippen molar-refractivity contribution in [3.8, 4) is 11.6 Å². The van der Waals surface area contributed by atoms with E-state index in [-0.39, 0.29) is 0 Å². The van der Waals surface area contributed by atoms with Crippen LogP contribution in [0.4, 0.5) is 0 Å². The van der Waals surface area contributed by atoms with Gasteiger partial charge in [-0.3, -0.25) is 9.97 Å². The number of hydrogen-bond acceptors (Lipinski definition) is 8. The molecule has 1 saturated heterocycles. The molecule has 2 aliphatic rings. The van der Waals surface area contributed by atoms with Gasteiger partial charge in [-0.15, -0.1) is 10.2 Å². The van der Waals surface area contributed by atoms with Gasteiger partial charge in [0.1, 0.15) is 0 Å². The molecular weight excluding hydrogens is 422 g/mol. The highest BCUT2D eigenvalue weighted by molar-refractivity contribution is 7.99. The van der Waals surface area contributed by atoms with Gasteiger partial charge in [0.2, 0.25) is 5.82 Å². The summed E-state index contributed by atoms with van der Waals surface area (Å²) in [6, 6.07) is 6.64. The number of nitrogens with zero attached hydrogens (tertiary/aromatic N) is 7. The van der Waals surface area contributed by atoms with E-state index in [2.05, 4.69) is 48.2 Å². The number of likely N-dealkylation sites (tertiary alicyclic amines) is 1. The number of aryl methyl sites for hydroxylation is 1. The maximum Gasteiger partial charge on any atom is 0.202 e. The van der Waals surface area contributed by atoms with Gasteiger partial charge < -0.3 is 13.9 Å². The molecule has 8 nitrogen and oxygen atoms in total. The van der Waals surface area contributed by atoms with Crippen LogP contribution in [0.3, 0.4) is 0 Å². The number of fused-ring (bicyclic) bond motifs is 2. The van der Waals surface area contributed by atoms with E-state index in [1.165, 1.54) is 24.9 Å². The molecule has 6 rings (SSSR count). The van der Waals surface area contributed by atoms with E-state index in [4.69, 9.17) is 4.42 Å². The second-order valence-corrected chi connectivity index (χ2v) is 9.95. The van der Waals surface area contributed by atoms with E-state index in [0.717, 1.165) is 58.9 Å². The Hall–Kier alpha value is -2.78. The van der Waals surface area contributed by atoms with Crippen LogP contribution in [0.1, 0.15) is 24.1 Å². The first kappa shape index (κ1) is 19.9. The molecule has 0 amide bonds. The number of rotatable bonds is 7. The van der Waals surface area contributed by atoms with Crippen LogP contribution in [0.25, 0.3) is 22.6 Å². The highest BCUT2D eigenvalue weighted by atomic mass is 32.2. The van der Waals surface area contributed by atoms with E-state index in [1.807, 2.05) is 18.5 Å². The number of aromatic nitrogens is 6. The van der Waals surface area contributed by atoms with Crippen LogP contribution in [0.5, 0.6) is 0 Å². The van der Waals surface area contributed by atoms with Crippen LogP contribution in [-0.4, -0.2) is 60.0 Å². The van der Waals surface area contributed by atoms with Crippen LogP contribution in [-0.2, 0) is 12.5 Å². The third kappa shape index (κ3) is 3.31. The Morgan fingerprint density at radius 3 is 2.88 bits per heavy atom. The van der Waals surface area contributed by atoms with Crippen LogP contribution >= 0.6 is 11.8 Å². The largest absolute Gasteiger partial charge is 0.440 e. The van der Waals surface area contributed by atoms with Crippen molar-refractivity contribution in [2.45, 2.75) is 30.3 Å². The lowest BCUT2D eigenvalue weighted by Crippen LogP contribution is -2.27. The van der Waals surface area contributed by atoms with Crippen molar-refractivity contribution in [1.82, 2.24) is 34.6 Å². The van der Waals surface area contributed by atoms with E-state index >= 15 is 0 Å². The topological polar surface area (TPSA) is 85.8 Å². The fourth-order valence-corrected chi connectivity index (χ4v) is 5.92. The zero-order chi connectivity index (χ0) is 21.7. The summed E-state index contributed by atoms with van der Waals surface area (Å²) < 4.78 is 7.45. The van der Waals surface area contributed by atoms with E-state index in [9.17, 15) is 0 Å². The summed E-state index contributed by atoms with van der Waals surface area (Å²) in [7, 11) is 1.98. The Kier molecular flexibility index (Phi) is 4.76. The lowest BCUT2D eigenvalue weighted by molar-refractivity contribution is 0.299. The molecule has 1 aliphatic heterocycles. The smallest absolute Gasteiger partial charge is 0.202 e. The number of hydrogen-bond donors (Lipinski definition) is 0. The highest BCUT2D eigenvalue weighted by Gasteiger charge is 2.60. The molecule has 0 unspecified atom stereocenters. The molecular formula is C23H25N7OS. The van der Waals surface area contributed by atoms with Crippen molar-refractivity contribution >= 4 is 22.8 Å². The van der Waals surface area contributed by atoms with Gasteiger partial charge in [-0.25, -0.2) is 4.98 Å². The molecule has 0 bridgehead atoms. The molecule has 9 heteroatoms. The molecule has 1 saturated carbocycles. The van der Waals surface area contributed by atoms with E-state index in [0.29, 0.717) is 11.2 Å². The molecule has 4 aromatic rings. The predicted molar refractivity (Wildman–Crippen MR) is 122 cm³/mol. The Balaban J connectivity index is 1.04.